The maximum Gasteiger partial charge on any atom is 0.263 e. The highest BCUT2D eigenvalue weighted by Gasteiger charge is 2.47. The second-order valence-corrected chi connectivity index (χ2v) is 10.4. The van der Waals surface area contributed by atoms with Crippen molar-refractivity contribution in [3.05, 3.63) is 69.6 Å². The van der Waals surface area contributed by atoms with E-state index in [0.29, 0.717) is 49.2 Å². The SMILES string of the molecule is Cn1c(=O)c(C(=O)NCc2ccc(C#N)cc2)cc2ccnc(OCC3(SN4COCOC4)CC3)c21. The molecule has 0 spiro atoms. The van der Waals surface area contributed by atoms with Gasteiger partial charge in [-0.05, 0) is 42.7 Å². The monoisotopic (exact) mass is 507 g/mol. The molecule has 5 rings (SSSR count). The van der Waals surface area contributed by atoms with Crippen LogP contribution in [0.15, 0.2) is 47.4 Å². The molecule has 186 valence electrons. The van der Waals surface area contributed by atoms with E-state index in [2.05, 4.69) is 16.4 Å². The van der Waals surface area contributed by atoms with Crippen LogP contribution in [0.5, 0.6) is 5.88 Å². The van der Waals surface area contributed by atoms with Crippen molar-refractivity contribution in [3.8, 4) is 11.9 Å². The van der Waals surface area contributed by atoms with Gasteiger partial charge in [-0.25, -0.2) is 9.29 Å². The zero-order valence-electron chi connectivity index (χ0n) is 19.7. The molecule has 2 fully saturated rings. The molecule has 1 saturated carbocycles. The summed E-state index contributed by atoms with van der Waals surface area (Å²) in [6.45, 7) is 1.99. The minimum absolute atomic E-state index is 0.0371. The van der Waals surface area contributed by atoms with Crippen LogP contribution in [0.25, 0.3) is 10.9 Å². The largest absolute Gasteiger partial charge is 0.475 e. The van der Waals surface area contributed by atoms with Crippen LogP contribution in [0.4, 0.5) is 0 Å². The van der Waals surface area contributed by atoms with E-state index in [0.717, 1.165) is 18.4 Å². The average Bonchev–Trinajstić information content (AvgIpc) is 3.68. The molecular formula is C25H25N5O5S. The van der Waals surface area contributed by atoms with Crippen LogP contribution in [0.1, 0.15) is 34.3 Å². The zero-order valence-corrected chi connectivity index (χ0v) is 20.5. The number of rotatable bonds is 8. The molecule has 36 heavy (non-hydrogen) atoms. The number of amides is 1. The molecule has 10 nitrogen and oxygen atoms in total. The number of hydrogen-bond donors (Lipinski definition) is 1. The second kappa shape index (κ2) is 10.3. The van der Waals surface area contributed by atoms with Gasteiger partial charge in [-0.15, -0.1) is 0 Å². The van der Waals surface area contributed by atoms with E-state index >= 15 is 0 Å². The van der Waals surface area contributed by atoms with Crippen molar-refractivity contribution in [2.75, 3.05) is 26.9 Å². The molecule has 1 aliphatic carbocycles. The van der Waals surface area contributed by atoms with E-state index in [9.17, 15) is 9.59 Å². The highest BCUT2D eigenvalue weighted by Crippen LogP contribution is 2.50. The van der Waals surface area contributed by atoms with Gasteiger partial charge in [-0.3, -0.25) is 9.59 Å². The quantitative estimate of drug-likeness (QED) is 0.459. The lowest BCUT2D eigenvalue weighted by atomic mass is 10.1. The number of hydrogen-bond acceptors (Lipinski definition) is 9. The van der Waals surface area contributed by atoms with Crippen molar-refractivity contribution >= 4 is 28.8 Å². The minimum Gasteiger partial charge on any atom is -0.475 e. The Hall–Kier alpha value is -3.43. The minimum atomic E-state index is -0.472. The van der Waals surface area contributed by atoms with E-state index < -0.39 is 11.5 Å². The van der Waals surface area contributed by atoms with Gasteiger partial charge in [0.2, 0.25) is 5.88 Å². The van der Waals surface area contributed by atoms with E-state index in [1.165, 1.54) is 4.57 Å². The predicted octanol–water partition coefficient (Wildman–Crippen LogP) is 2.52. The van der Waals surface area contributed by atoms with Crippen LogP contribution < -0.4 is 15.6 Å². The summed E-state index contributed by atoms with van der Waals surface area (Å²) in [5, 5.41) is 12.4. The highest BCUT2D eigenvalue weighted by molar-refractivity contribution is 7.98. The Morgan fingerprint density at radius 3 is 2.69 bits per heavy atom. The molecule has 11 heteroatoms. The maximum atomic E-state index is 13.1. The van der Waals surface area contributed by atoms with Crippen LogP contribution in [-0.2, 0) is 23.1 Å². The maximum absolute atomic E-state index is 13.1. The summed E-state index contributed by atoms with van der Waals surface area (Å²) in [5.41, 5.74) is 1.51. The lowest BCUT2D eigenvalue weighted by Gasteiger charge is -2.29. The van der Waals surface area contributed by atoms with Gasteiger partial charge in [-0.1, -0.05) is 24.1 Å². The summed E-state index contributed by atoms with van der Waals surface area (Å²) >= 11 is 1.67. The first-order chi connectivity index (χ1) is 17.5. The van der Waals surface area contributed by atoms with Crippen molar-refractivity contribution in [1.29, 1.82) is 5.26 Å². The smallest absolute Gasteiger partial charge is 0.263 e. The normalized spacial score (nSPS) is 16.9. The molecule has 0 radical (unpaired) electrons. The predicted molar refractivity (Wildman–Crippen MR) is 133 cm³/mol. The lowest BCUT2D eigenvalue weighted by molar-refractivity contribution is -0.151. The summed E-state index contributed by atoms with van der Waals surface area (Å²) in [6.07, 6.45) is 3.61. The third kappa shape index (κ3) is 5.22. The number of carbonyl (C=O) groups is 1. The Morgan fingerprint density at radius 1 is 1.25 bits per heavy atom. The summed E-state index contributed by atoms with van der Waals surface area (Å²) in [5.74, 6) is -0.116. The van der Waals surface area contributed by atoms with Gasteiger partial charge in [0.15, 0.2) is 0 Å². The van der Waals surface area contributed by atoms with Crippen molar-refractivity contribution < 1.29 is 19.0 Å². The van der Waals surface area contributed by atoms with Gasteiger partial charge in [0.05, 0.1) is 16.4 Å². The molecule has 0 unspecified atom stereocenters. The fraction of sp³-hybridized carbons (Fsp3) is 0.360. The molecule has 2 aliphatic rings. The van der Waals surface area contributed by atoms with Crippen molar-refractivity contribution in [3.63, 3.8) is 0 Å². The highest BCUT2D eigenvalue weighted by atomic mass is 32.2. The first-order valence-corrected chi connectivity index (χ1v) is 12.2. The summed E-state index contributed by atoms with van der Waals surface area (Å²) in [7, 11) is 1.61. The van der Waals surface area contributed by atoms with Gasteiger partial charge in [-0.2, -0.15) is 5.26 Å². The van der Waals surface area contributed by atoms with Crippen LogP contribution in [0, 0.1) is 11.3 Å². The molecule has 0 atom stereocenters. The number of nitrogens with one attached hydrogen (secondary N) is 1. The Morgan fingerprint density at radius 2 is 2.00 bits per heavy atom. The second-order valence-electron chi connectivity index (χ2n) is 8.80. The molecule has 2 aromatic heterocycles. The van der Waals surface area contributed by atoms with E-state index in [4.69, 9.17) is 19.5 Å². The third-order valence-corrected chi connectivity index (χ3v) is 7.49. The molecule has 3 aromatic rings. The van der Waals surface area contributed by atoms with Crippen molar-refractivity contribution in [2.24, 2.45) is 7.05 Å². The number of aromatic nitrogens is 2. The Bertz CT molecular complexity index is 1370. The van der Waals surface area contributed by atoms with E-state index in [1.807, 2.05) is 4.31 Å². The summed E-state index contributed by atoms with van der Waals surface area (Å²) in [4.78, 5) is 30.3. The molecule has 1 N–H and O–H groups in total. The molecule has 1 aliphatic heterocycles. The standard InChI is InChI=1S/C25H25N5O5S/c1-29-21-19(10-20(24(29)32)22(31)28-12-18-4-2-17(11-26)3-5-18)6-9-27-23(21)35-13-25(7-8-25)36-30-14-33-16-34-15-30/h2-6,9-10H,7-8,12-16H2,1H3,(H,28,31). The number of nitrogens with zero attached hydrogens (tertiary/aromatic N) is 4. The van der Waals surface area contributed by atoms with Crippen molar-refractivity contribution in [2.45, 2.75) is 24.1 Å². The molecule has 0 bridgehead atoms. The zero-order chi connectivity index (χ0) is 25.1. The average molecular weight is 508 g/mol. The fourth-order valence-electron chi connectivity index (χ4n) is 3.95. The topological polar surface area (TPSA) is 119 Å². The number of pyridine rings is 2. The van der Waals surface area contributed by atoms with Gasteiger partial charge < -0.3 is 24.1 Å². The van der Waals surface area contributed by atoms with Crippen LogP contribution in [0.3, 0.4) is 0 Å². The van der Waals surface area contributed by atoms with Gasteiger partial charge in [0.25, 0.3) is 11.5 Å². The Kier molecular flexibility index (Phi) is 6.93. The summed E-state index contributed by atoms with van der Waals surface area (Å²) in [6, 6.07) is 12.3. The third-order valence-electron chi connectivity index (χ3n) is 6.11. The number of benzene rings is 1. The Balaban J connectivity index is 1.31. The van der Waals surface area contributed by atoms with Crippen LogP contribution in [-0.4, -0.2) is 51.4 Å². The Labute approximate surface area is 211 Å². The van der Waals surface area contributed by atoms with Crippen molar-refractivity contribution in [1.82, 2.24) is 19.2 Å². The number of carbonyl (C=O) groups excluding carboxylic acids is 1. The molecule has 3 heterocycles. The van der Waals surface area contributed by atoms with E-state index in [1.54, 1.807) is 61.6 Å². The number of aryl methyl sites for hydroxylation is 1. The number of fused-ring (bicyclic) bond motifs is 1. The van der Waals surface area contributed by atoms with Gasteiger partial charge >= 0.3 is 0 Å². The van der Waals surface area contributed by atoms with Gasteiger partial charge in [0, 0.05) is 25.2 Å². The number of nitriles is 1. The summed E-state index contributed by atoms with van der Waals surface area (Å²) < 4.78 is 20.2. The molecule has 1 amide bonds. The van der Waals surface area contributed by atoms with E-state index in [-0.39, 0.29) is 16.9 Å². The first-order valence-electron chi connectivity index (χ1n) is 11.5. The first kappa shape index (κ1) is 24.3. The molecule has 1 saturated heterocycles. The lowest BCUT2D eigenvalue weighted by Crippen LogP contribution is -2.33. The molecular weight excluding hydrogens is 482 g/mol. The fourth-order valence-corrected chi connectivity index (χ4v) is 5.15. The van der Waals surface area contributed by atoms with Crippen LogP contribution in [0.2, 0.25) is 0 Å². The molecule has 1 aromatic carbocycles. The van der Waals surface area contributed by atoms with Crippen LogP contribution >= 0.6 is 11.9 Å². The van der Waals surface area contributed by atoms with Gasteiger partial charge in [0.1, 0.15) is 37.9 Å². The number of ether oxygens (including phenoxy) is 3.